The number of carbonyl (C=O) groups is 1. The van der Waals surface area contributed by atoms with Crippen LogP contribution in [0, 0.1) is 5.92 Å². The Morgan fingerprint density at radius 1 is 1.06 bits per heavy atom. The lowest BCUT2D eigenvalue weighted by atomic mass is 9.84. The summed E-state index contributed by atoms with van der Waals surface area (Å²) in [5.74, 6) is 2.41. The van der Waals surface area contributed by atoms with Crippen molar-refractivity contribution >= 4 is 39.4 Å². The number of anilines is 2. The van der Waals surface area contributed by atoms with E-state index in [1.165, 1.54) is 35.9 Å². The third-order valence-electron chi connectivity index (χ3n) is 6.82. The Kier molecular flexibility index (Phi) is 6.59. The highest BCUT2D eigenvalue weighted by atomic mass is 32.1. The minimum Gasteiger partial charge on any atom is -0.449 e. The zero-order valence-corrected chi connectivity index (χ0v) is 19.2. The summed E-state index contributed by atoms with van der Waals surface area (Å²) in [6.45, 7) is 5.49. The van der Waals surface area contributed by atoms with Crippen molar-refractivity contribution < 1.29 is 9.21 Å². The number of carbonyl (C=O) groups excluding carboxylic acids is 1. The van der Waals surface area contributed by atoms with Crippen LogP contribution in [0.2, 0.25) is 0 Å². The minimum absolute atomic E-state index is 0.172. The van der Waals surface area contributed by atoms with Crippen LogP contribution in [0.5, 0.6) is 0 Å². The number of rotatable bonds is 6. The smallest absolute Gasteiger partial charge is 0.321 e. The molecular formula is C24H31N5O2S. The molecule has 32 heavy (non-hydrogen) atoms. The molecule has 2 fully saturated rings. The molecule has 8 heteroatoms. The van der Waals surface area contributed by atoms with Gasteiger partial charge >= 0.3 is 6.03 Å². The fourth-order valence-corrected chi connectivity index (χ4v) is 5.72. The van der Waals surface area contributed by atoms with E-state index in [4.69, 9.17) is 8.79 Å². The van der Waals surface area contributed by atoms with Crippen LogP contribution in [-0.4, -0.2) is 54.1 Å². The van der Waals surface area contributed by atoms with Crippen molar-refractivity contribution in [1.29, 1.82) is 0 Å². The van der Waals surface area contributed by atoms with E-state index in [2.05, 4.69) is 44.7 Å². The van der Waals surface area contributed by atoms with E-state index in [0.717, 1.165) is 50.8 Å². The molecule has 2 aliphatic rings. The van der Waals surface area contributed by atoms with E-state index in [1.54, 1.807) is 29.9 Å². The summed E-state index contributed by atoms with van der Waals surface area (Å²) in [5.41, 5.74) is 0. The van der Waals surface area contributed by atoms with Crippen molar-refractivity contribution in [2.45, 2.75) is 38.1 Å². The molecule has 3 aromatic rings. The number of benzene rings is 1. The average molecular weight is 454 g/mol. The lowest BCUT2D eigenvalue weighted by Crippen LogP contribution is -2.47. The fraction of sp³-hybridized carbons (Fsp3) is 0.500. The molecular weight excluding hydrogens is 422 g/mol. The molecule has 0 bridgehead atoms. The van der Waals surface area contributed by atoms with Gasteiger partial charge in [0.15, 0.2) is 0 Å². The first-order valence-electron chi connectivity index (χ1n) is 11.7. The van der Waals surface area contributed by atoms with E-state index in [-0.39, 0.29) is 12.1 Å². The van der Waals surface area contributed by atoms with Crippen LogP contribution in [0.3, 0.4) is 0 Å². The molecule has 5 rings (SSSR count). The number of fused-ring (bicyclic) bond motifs is 1. The topological polar surface area (TPSA) is 73.6 Å². The standard InChI is InChI=1S/C24H31N5O2S/c30-24(26-22-6-3-17-31-22)25-19-9-7-18(8-10-19)11-12-28-13-15-29(16-14-28)23-20-4-1-2-5-21(20)32-27-23/h1-6,17-19H,7-16H2,(H2,25,26,30)/t18-,19-. The monoisotopic (exact) mass is 453 g/mol. The van der Waals surface area contributed by atoms with Gasteiger partial charge in [-0.05, 0) is 74.3 Å². The highest BCUT2D eigenvalue weighted by Crippen LogP contribution is 2.30. The molecule has 1 aromatic carbocycles. The molecule has 2 aromatic heterocycles. The molecule has 1 saturated heterocycles. The van der Waals surface area contributed by atoms with Crippen molar-refractivity contribution in [3.63, 3.8) is 0 Å². The maximum atomic E-state index is 12.1. The summed E-state index contributed by atoms with van der Waals surface area (Å²) in [6.07, 6.45) is 7.31. The number of furan rings is 1. The first-order chi connectivity index (χ1) is 15.7. The number of urea groups is 1. The molecule has 1 aliphatic heterocycles. The molecule has 7 nitrogen and oxygen atoms in total. The summed E-state index contributed by atoms with van der Waals surface area (Å²) in [6, 6.07) is 12.1. The summed E-state index contributed by atoms with van der Waals surface area (Å²) < 4.78 is 11.2. The molecule has 0 atom stereocenters. The molecule has 3 heterocycles. The first kappa shape index (κ1) is 21.3. The van der Waals surface area contributed by atoms with Crippen LogP contribution < -0.4 is 15.5 Å². The van der Waals surface area contributed by atoms with Gasteiger partial charge in [-0.2, -0.15) is 4.37 Å². The molecule has 0 radical (unpaired) electrons. The van der Waals surface area contributed by atoms with Crippen molar-refractivity contribution in [3.05, 3.63) is 42.7 Å². The van der Waals surface area contributed by atoms with Gasteiger partial charge in [0, 0.05) is 43.7 Å². The molecule has 0 spiro atoms. The number of hydrogen-bond donors (Lipinski definition) is 2. The summed E-state index contributed by atoms with van der Waals surface area (Å²) in [5, 5.41) is 7.11. The largest absolute Gasteiger partial charge is 0.449 e. The quantitative estimate of drug-likeness (QED) is 0.562. The number of hydrogen-bond acceptors (Lipinski definition) is 6. The van der Waals surface area contributed by atoms with Crippen LogP contribution in [0.15, 0.2) is 47.1 Å². The van der Waals surface area contributed by atoms with Crippen LogP contribution in [0.1, 0.15) is 32.1 Å². The highest BCUT2D eigenvalue weighted by molar-refractivity contribution is 7.13. The van der Waals surface area contributed by atoms with Gasteiger partial charge in [-0.1, -0.05) is 12.1 Å². The number of aromatic nitrogens is 1. The number of nitrogens with one attached hydrogen (secondary N) is 2. The van der Waals surface area contributed by atoms with E-state index in [9.17, 15) is 4.79 Å². The van der Waals surface area contributed by atoms with Gasteiger partial charge in [0.1, 0.15) is 5.82 Å². The molecule has 170 valence electrons. The van der Waals surface area contributed by atoms with Gasteiger partial charge in [0.2, 0.25) is 5.88 Å². The van der Waals surface area contributed by atoms with Crippen molar-refractivity contribution in [1.82, 2.24) is 14.6 Å². The average Bonchev–Trinajstić information content (AvgIpc) is 3.49. The third-order valence-corrected chi connectivity index (χ3v) is 7.64. The van der Waals surface area contributed by atoms with Crippen LogP contribution in [0.25, 0.3) is 10.1 Å². The van der Waals surface area contributed by atoms with Crippen LogP contribution >= 0.6 is 11.5 Å². The molecule has 0 unspecified atom stereocenters. The van der Waals surface area contributed by atoms with Gasteiger partial charge in [-0.15, -0.1) is 0 Å². The highest BCUT2D eigenvalue weighted by Gasteiger charge is 2.25. The Morgan fingerprint density at radius 3 is 2.66 bits per heavy atom. The van der Waals surface area contributed by atoms with Crippen LogP contribution in [-0.2, 0) is 0 Å². The zero-order chi connectivity index (χ0) is 21.8. The Hall–Kier alpha value is -2.58. The molecule has 2 N–H and O–H groups in total. The second kappa shape index (κ2) is 9.92. The Bertz CT molecular complexity index is 1000. The Labute approximate surface area is 192 Å². The first-order valence-corrected chi connectivity index (χ1v) is 12.4. The number of amides is 2. The van der Waals surface area contributed by atoms with Gasteiger partial charge < -0.3 is 14.6 Å². The summed E-state index contributed by atoms with van der Waals surface area (Å²) in [4.78, 5) is 17.1. The van der Waals surface area contributed by atoms with Crippen molar-refractivity contribution in [2.75, 3.05) is 42.9 Å². The van der Waals surface area contributed by atoms with E-state index >= 15 is 0 Å². The van der Waals surface area contributed by atoms with Gasteiger partial charge in [-0.3, -0.25) is 10.2 Å². The predicted molar refractivity (Wildman–Crippen MR) is 129 cm³/mol. The fourth-order valence-electron chi connectivity index (χ4n) is 4.93. The summed E-state index contributed by atoms with van der Waals surface area (Å²) >= 11 is 1.60. The van der Waals surface area contributed by atoms with E-state index in [1.807, 2.05) is 0 Å². The predicted octanol–water partition coefficient (Wildman–Crippen LogP) is 4.78. The molecule has 1 aliphatic carbocycles. The SMILES string of the molecule is O=C(Nc1ccco1)N[C@H]1CC[C@H](CCN2CCN(c3nsc4ccccc34)CC2)CC1. The van der Waals surface area contributed by atoms with Crippen LogP contribution in [0.4, 0.5) is 16.5 Å². The van der Waals surface area contributed by atoms with Crippen molar-refractivity contribution in [2.24, 2.45) is 5.92 Å². The van der Waals surface area contributed by atoms with Gasteiger partial charge in [0.05, 0.1) is 11.0 Å². The lowest BCUT2D eigenvalue weighted by Gasteiger charge is -2.36. The maximum absolute atomic E-state index is 12.1. The molecule has 2 amide bonds. The van der Waals surface area contributed by atoms with Gasteiger partial charge in [0.25, 0.3) is 0 Å². The maximum Gasteiger partial charge on any atom is 0.321 e. The Morgan fingerprint density at radius 2 is 1.88 bits per heavy atom. The van der Waals surface area contributed by atoms with E-state index in [0.29, 0.717) is 5.88 Å². The van der Waals surface area contributed by atoms with Crippen molar-refractivity contribution in [3.8, 4) is 0 Å². The zero-order valence-electron chi connectivity index (χ0n) is 18.3. The lowest BCUT2D eigenvalue weighted by molar-refractivity contribution is 0.208. The number of piperazine rings is 1. The summed E-state index contributed by atoms with van der Waals surface area (Å²) in [7, 11) is 0. The Balaban J connectivity index is 1.01. The molecule has 1 saturated carbocycles. The minimum atomic E-state index is -0.172. The number of nitrogens with zero attached hydrogens (tertiary/aromatic N) is 3. The second-order valence-corrected chi connectivity index (χ2v) is 9.72. The second-order valence-electron chi connectivity index (χ2n) is 8.91. The van der Waals surface area contributed by atoms with E-state index < -0.39 is 0 Å². The third kappa shape index (κ3) is 5.07. The normalized spacial score (nSPS) is 22.2. The van der Waals surface area contributed by atoms with Gasteiger partial charge in [-0.25, -0.2) is 4.79 Å².